The Morgan fingerprint density at radius 2 is 2.04 bits per heavy atom. The molecule has 1 saturated heterocycles. The molecule has 3 heterocycles. The van der Waals surface area contributed by atoms with Crippen LogP contribution in [0.3, 0.4) is 0 Å². The van der Waals surface area contributed by atoms with Crippen LogP contribution in [0.15, 0.2) is 36.4 Å². The molecule has 0 spiro atoms. The first kappa shape index (κ1) is 17.5. The molecule has 1 amide bonds. The number of aromatic nitrogens is 4. The van der Waals surface area contributed by atoms with Gasteiger partial charge in [0.05, 0.1) is 24.5 Å². The lowest BCUT2D eigenvalue weighted by Crippen LogP contribution is -2.42. The number of carbonyl (C=O) groups is 1. The molecule has 1 aliphatic heterocycles. The van der Waals surface area contributed by atoms with E-state index in [-0.39, 0.29) is 12.0 Å². The van der Waals surface area contributed by atoms with Crippen molar-refractivity contribution in [2.24, 2.45) is 7.05 Å². The maximum Gasteiger partial charge on any atom is 0.272 e. The van der Waals surface area contributed by atoms with E-state index in [1.54, 1.807) is 0 Å². The zero-order valence-corrected chi connectivity index (χ0v) is 15.8. The molecule has 140 valence electrons. The summed E-state index contributed by atoms with van der Waals surface area (Å²) < 4.78 is 7.68. The SMILES string of the molecule is Cc1nn(C)c(C)c1-c1cc(C(=O)N2CCOC(c3ccccc3)C2)[nH]n1. The van der Waals surface area contributed by atoms with Crippen molar-refractivity contribution in [3.8, 4) is 11.3 Å². The van der Waals surface area contributed by atoms with Gasteiger partial charge in [0.2, 0.25) is 0 Å². The Labute approximate surface area is 157 Å². The van der Waals surface area contributed by atoms with Crippen LogP contribution in [0, 0.1) is 13.8 Å². The number of hydrogen-bond donors (Lipinski definition) is 1. The Hall–Kier alpha value is -2.93. The molecule has 0 bridgehead atoms. The van der Waals surface area contributed by atoms with Crippen molar-refractivity contribution >= 4 is 5.91 Å². The van der Waals surface area contributed by atoms with Gasteiger partial charge < -0.3 is 9.64 Å². The molecule has 3 aromatic rings. The molecule has 1 aliphatic rings. The summed E-state index contributed by atoms with van der Waals surface area (Å²) in [4.78, 5) is 14.8. The standard InChI is InChI=1S/C20H23N5O2/c1-13-19(14(2)24(3)23-13)16-11-17(22-21-16)20(26)25-9-10-27-18(12-25)15-7-5-4-6-8-15/h4-8,11,18H,9-10,12H2,1-3H3,(H,21,22). The van der Waals surface area contributed by atoms with Gasteiger partial charge in [-0.15, -0.1) is 0 Å². The highest BCUT2D eigenvalue weighted by Gasteiger charge is 2.27. The Bertz CT molecular complexity index is 960. The summed E-state index contributed by atoms with van der Waals surface area (Å²) in [5.41, 5.74) is 5.21. The lowest BCUT2D eigenvalue weighted by Gasteiger charge is -2.32. The monoisotopic (exact) mass is 365 g/mol. The number of aryl methyl sites for hydroxylation is 2. The number of hydrogen-bond acceptors (Lipinski definition) is 4. The van der Waals surface area contributed by atoms with Gasteiger partial charge in [-0.2, -0.15) is 10.2 Å². The highest BCUT2D eigenvalue weighted by molar-refractivity contribution is 5.93. The zero-order valence-electron chi connectivity index (χ0n) is 15.8. The van der Waals surface area contributed by atoms with Crippen molar-refractivity contribution in [1.82, 2.24) is 24.9 Å². The van der Waals surface area contributed by atoms with Crippen molar-refractivity contribution in [3.63, 3.8) is 0 Å². The fraction of sp³-hybridized carbons (Fsp3) is 0.350. The summed E-state index contributed by atoms with van der Waals surface area (Å²) in [5, 5.41) is 11.7. The van der Waals surface area contributed by atoms with E-state index in [4.69, 9.17) is 4.74 Å². The maximum absolute atomic E-state index is 13.0. The summed E-state index contributed by atoms with van der Waals surface area (Å²) in [5.74, 6) is -0.0582. The molecular weight excluding hydrogens is 342 g/mol. The predicted octanol–water partition coefficient (Wildman–Crippen LogP) is 2.64. The number of morpholine rings is 1. The summed E-state index contributed by atoms with van der Waals surface area (Å²) in [6.07, 6.45) is -0.103. The van der Waals surface area contributed by atoms with Crippen molar-refractivity contribution in [2.45, 2.75) is 20.0 Å². The zero-order chi connectivity index (χ0) is 19.0. The Morgan fingerprint density at radius 3 is 2.74 bits per heavy atom. The predicted molar refractivity (Wildman–Crippen MR) is 101 cm³/mol. The largest absolute Gasteiger partial charge is 0.370 e. The number of carbonyl (C=O) groups excluding carboxylic acids is 1. The minimum absolute atomic E-state index is 0.0582. The van der Waals surface area contributed by atoms with Crippen molar-refractivity contribution in [1.29, 1.82) is 0 Å². The number of aromatic amines is 1. The first-order valence-electron chi connectivity index (χ1n) is 9.06. The Balaban J connectivity index is 1.54. The lowest BCUT2D eigenvalue weighted by molar-refractivity contribution is -0.0230. The molecule has 1 unspecified atom stereocenters. The van der Waals surface area contributed by atoms with Crippen LogP contribution in [0.5, 0.6) is 0 Å². The van der Waals surface area contributed by atoms with E-state index in [0.717, 1.165) is 28.2 Å². The second kappa shape index (κ2) is 7.00. The van der Waals surface area contributed by atoms with Gasteiger partial charge in [-0.1, -0.05) is 30.3 Å². The van der Waals surface area contributed by atoms with Crippen LogP contribution in [0.4, 0.5) is 0 Å². The molecule has 1 fully saturated rings. The topological polar surface area (TPSA) is 76.0 Å². The van der Waals surface area contributed by atoms with E-state index in [1.165, 1.54) is 0 Å². The molecule has 1 N–H and O–H groups in total. The van der Waals surface area contributed by atoms with E-state index < -0.39 is 0 Å². The number of H-pyrrole nitrogens is 1. The smallest absolute Gasteiger partial charge is 0.272 e. The average Bonchev–Trinajstić information content (AvgIpc) is 3.26. The second-order valence-electron chi connectivity index (χ2n) is 6.86. The van der Waals surface area contributed by atoms with Crippen molar-refractivity contribution < 1.29 is 9.53 Å². The minimum atomic E-state index is -0.103. The van der Waals surface area contributed by atoms with E-state index in [0.29, 0.717) is 25.4 Å². The van der Waals surface area contributed by atoms with E-state index >= 15 is 0 Å². The third-order valence-corrected chi connectivity index (χ3v) is 5.10. The number of nitrogens with one attached hydrogen (secondary N) is 1. The molecule has 7 nitrogen and oxygen atoms in total. The lowest BCUT2D eigenvalue weighted by atomic mass is 10.1. The van der Waals surface area contributed by atoms with Gasteiger partial charge in [-0.05, 0) is 25.5 Å². The molecule has 4 rings (SSSR count). The molecule has 0 radical (unpaired) electrons. The maximum atomic E-state index is 13.0. The first-order valence-corrected chi connectivity index (χ1v) is 9.06. The summed E-state index contributed by atoms with van der Waals surface area (Å²) in [6.45, 7) is 5.57. The summed E-state index contributed by atoms with van der Waals surface area (Å²) in [7, 11) is 1.90. The number of ether oxygens (including phenoxy) is 1. The Kier molecular flexibility index (Phi) is 4.53. The fourth-order valence-electron chi connectivity index (χ4n) is 3.58. The normalized spacial score (nSPS) is 17.3. The average molecular weight is 365 g/mol. The van der Waals surface area contributed by atoms with Gasteiger partial charge in [-0.3, -0.25) is 14.6 Å². The molecule has 1 aromatic carbocycles. The van der Waals surface area contributed by atoms with Gasteiger partial charge in [0.15, 0.2) is 0 Å². The quantitative estimate of drug-likeness (QED) is 0.774. The number of amides is 1. The van der Waals surface area contributed by atoms with Crippen LogP contribution in [0.1, 0.15) is 33.5 Å². The van der Waals surface area contributed by atoms with Crippen LogP contribution in [-0.2, 0) is 11.8 Å². The van der Waals surface area contributed by atoms with E-state index in [1.807, 2.05) is 66.9 Å². The van der Waals surface area contributed by atoms with Crippen molar-refractivity contribution in [3.05, 3.63) is 59.0 Å². The highest BCUT2D eigenvalue weighted by Crippen LogP contribution is 2.27. The number of benzene rings is 1. The summed E-state index contributed by atoms with van der Waals surface area (Å²) >= 11 is 0. The fourth-order valence-corrected chi connectivity index (χ4v) is 3.58. The van der Waals surface area contributed by atoms with Gasteiger partial charge >= 0.3 is 0 Å². The van der Waals surface area contributed by atoms with Gasteiger partial charge in [-0.25, -0.2) is 0 Å². The molecule has 27 heavy (non-hydrogen) atoms. The molecule has 2 aromatic heterocycles. The van der Waals surface area contributed by atoms with Crippen LogP contribution in [0.2, 0.25) is 0 Å². The third kappa shape index (κ3) is 3.26. The van der Waals surface area contributed by atoms with Crippen LogP contribution in [0.25, 0.3) is 11.3 Å². The molecule has 7 heteroatoms. The number of rotatable bonds is 3. The van der Waals surface area contributed by atoms with Crippen LogP contribution >= 0.6 is 0 Å². The second-order valence-corrected chi connectivity index (χ2v) is 6.86. The first-order chi connectivity index (χ1) is 13.0. The molecular formula is C20H23N5O2. The third-order valence-electron chi connectivity index (χ3n) is 5.10. The van der Waals surface area contributed by atoms with Gasteiger partial charge in [0.1, 0.15) is 11.8 Å². The molecule has 1 atom stereocenters. The minimum Gasteiger partial charge on any atom is -0.370 e. The Morgan fingerprint density at radius 1 is 1.26 bits per heavy atom. The van der Waals surface area contributed by atoms with Crippen LogP contribution in [-0.4, -0.2) is 50.5 Å². The van der Waals surface area contributed by atoms with E-state index in [2.05, 4.69) is 15.3 Å². The van der Waals surface area contributed by atoms with Gasteiger partial charge in [0, 0.05) is 24.8 Å². The highest BCUT2D eigenvalue weighted by atomic mass is 16.5. The van der Waals surface area contributed by atoms with E-state index in [9.17, 15) is 4.79 Å². The molecule has 0 aliphatic carbocycles. The van der Waals surface area contributed by atoms with Crippen molar-refractivity contribution in [2.75, 3.05) is 19.7 Å². The summed E-state index contributed by atoms with van der Waals surface area (Å²) in [6, 6.07) is 11.8. The molecule has 0 saturated carbocycles. The number of nitrogens with zero attached hydrogens (tertiary/aromatic N) is 4. The van der Waals surface area contributed by atoms with Gasteiger partial charge in [0.25, 0.3) is 5.91 Å². The van der Waals surface area contributed by atoms with Crippen LogP contribution < -0.4 is 0 Å².